The van der Waals surface area contributed by atoms with Gasteiger partial charge in [0.1, 0.15) is 5.75 Å². The molecule has 0 unspecified atom stereocenters. The molecule has 32 heavy (non-hydrogen) atoms. The third-order valence-electron chi connectivity index (χ3n) is 6.94. The van der Waals surface area contributed by atoms with Crippen LogP contribution in [0.1, 0.15) is 42.7 Å². The van der Waals surface area contributed by atoms with E-state index in [1.54, 1.807) is 4.90 Å². The molecule has 4 nitrogen and oxygen atoms in total. The van der Waals surface area contributed by atoms with Crippen LogP contribution in [0.15, 0.2) is 48.5 Å². The van der Waals surface area contributed by atoms with Crippen molar-refractivity contribution in [2.24, 2.45) is 0 Å². The van der Waals surface area contributed by atoms with E-state index in [-0.39, 0.29) is 18.3 Å². The Balaban J connectivity index is 0.00000289. The number of terminal acetylenes is 1. The Kier molecular flexibility index (Phi) is 8.23. The molecule has 2 aliphatic rings. The minimum atomic E-state index is 0. The van der Waals surface area contributed by atoms with Crippen molar-refractivity contribution in [2.75, 3.05) is 44.7 Å². The van der Waals surface area contributed by atoms with E-state index in [0.717, 1.165) is 40.9 Å². The van der Waals surface area contributed by atoms with E-state index in [2.05, 4.69) is 43.3 Å². The Bertz CT molecular complexity index is 946. The fraction of sp³-hybridized carbons (Fsp3) is 0.444. The van der Waals surface area contributed by atoms with Crippen LogP contribution in [-0.4, -0.2) is 50.2 Å². The van der Waals surface area contributed by atoms with Gasteiger partial charge in [0.05, 0.1) is 45.5 Å². The summed E-state index contributed by atoms with van der Waals surface area (Å²) in [5.41, 5.74) is 3.51. The van der Waals surface area contributed by atoms with Gasteiger partial charge in [-0.2, -0.15) is 0 Å². The van der Waals surface area contributed by atoms with E-state index in [1.807, 2.05) is 18.2 Å². The van der Waals surface area contributed by atoms with E-state index >= 15 is 0 Å². The number of quaternary nitrogens is 1. The van der Waals surface area contributed by atoms with Crippen molar-refractivity contribution in [3.8, 4) is 18.1 Å². The maximum absolute atomic E-state index is 12.2. The Labute approximate surface area is 198 Å². The molecule has 0 radical (unpaired) electrons. The molecule has 1 fully saturated rings. The summed E-state index contributed by atoms with van der Waals surface area (Å²) in [5, 5.41) is 0. The Hall–Kier alpha value is -2.48. The summed E-state index contributed by atoms with van der Waals surface area (Å²) >= 11 is 0. The molecular weight excluding hydrogens is 420 g/mol. The summed E-state index contributed by atoms with van der Waals surface area (Å²) < 4.78 is 7.32. The van der Waals surface area contributed by atoms with Gasteiger partial charge in [-0.25, -0.2) is 0 Å². The minimum Gasteiger partial charge on any atom is -1.00 e. The Morgan fingerprint density at radius 2 is 1.84 bits per heavy atom. The number of anilines is 1. The van der Waals surface area contributed by atoms with Crippen LogP contribution in [0.25, 0.3) is 0 Å². The third-order valence-corrected chi connectivity index (χ3v) is 6.94. The highest BCUT2D eigenvalue weighted by atomic mass is 35.5. The lowest BCUT2D eigenvalue weighted by Crippen LogP contribution is -3.00. The van der Waals surface area contributed by atoms with Gasteiger partial charge in [0.15, 0.2) is 0 Å². The van der Waals surface area contributed by atoms with E-state index in [4.69, 9.17) is 11.2 Å². The van der Waals surface area contributed by atoms with Crippen LogP contribution in [0.4, 0.5) is 5.69 Å². The number of likely N-dealkylation sites (tertiary alicyclic amines) is 1. The topological polar surface area (TPSA) is 29.5 Å². The van der Waals surface area contributed by atoms with E-state index in [1.165, 1.54) is 31.5 Å². The standard InChI is InChI=1S/C27H33N2O2.ClH/c1-3-17-28-25-11-7-12-26(24(25)13-14-27(28)30)31-21-8-18-29(2)19-15-23(16-20-29)22-9-5-4-6-10-22;/h1,4-7,9-12,23H,8,13-21H2,2H3;1H/q+1;/p-1. The van der Waals surface area contributed by atoms with Crippen molar-refractivity contribution in [3.63, 3.8) is 0 Å². The van der Waals surface area contributed by atoms with Gasteiger partial charge in [-0.3, -0.25) is 4.79 Å². The molecule has 0 atom stereocenters. The molecule has 1 saturated heterocycles. The number of piperidine rings is 1. The molecule has 2 heterocycles. The molecule has 2 aromatic carbocycles. The highest BCUT2D eigenvalue weighted by molar-refractivity contribution is 5.97. The van der Waals surface area contributed by atoms with Gasteiger partial charge in [0, 0.05) is 31.2 Å². The van der Waals surface area contributed by atoms with Crippen LogP contribution in [0, 0.1) is 12.3 Å². The number of ether oxygens (including phenoxy) is 1. The zero-order valence-corrected chi connectivity index (χ0v) is 19.7. The van der Waals surface area contributed by atoms with Gasteiger partial charge >= 0.3 is 0 Å². The van der Waals surface area contributed by atoms with Crippen molar-refractivity contribution in [2.45, 2.75) is 38.0 Å². The van der Waals surface area contributed by atoms with Crippen LogP contribution in [0.5, 0.6) is 5.75 Å². The summed E-state index contributed by atoms with van der Waals surface area (Å²) in [6.45, 7) is 4.61. The van der Waals surface area contributed by atoms with Crippen molar-refractivity contribution in [1.29, 1.82) is 0 Å². The fourth-order valence-corrected chi connectivity index (χ4v) is 5.06. The van der Waals surface area contributed by atoms with Gasteiger partial charge < -0.3 is 26.5 Å². The molecule has 170 valence electrons. The van der Waals surface area contributed by atoms with E-state index in [9.17, 15) is 4.79 Å². The number of carbonyl (C=O) groups is 1. The molecule has 0 spiro atoms. The number of benzene rings is 2. The molecule has 4 rings (SSSR count). The van der Waals surface area contributed by atoms with Crippen LogP contribution in [-0.2, 0) is 11.2 Å². The SMILES string of the molecule is C#CCN1C(=O)CCc2c(OCCC[N+]3(C)CCC(c4ccccc4)CC3)cccc21.[Cl-]. The lowest BCUT2D eigenvalue weighted by molar-refractivity contribution is -0.914. The molecular formula is C27H33ClN2O2. The summed E-state index contributed by atoms with van der Waals surface area (Å²) in [4.78, 5) is 13.9. The second-order valence-corrected chi connectivity index (χ2v) is 9.12. The highest BCUT2D eigenvalue weighted by Crippen LogP contribution is 2.35. The molecule has 5 heteroatoms. The van der Waals surface area contributed by atoms with Crippen molar-refractivity contribution >= 4 is 11.6 Å². The molecule has 1 amide bonds. The molecule has 0 saturated carbocycles. The number of rotatable bonds is 7. The lowest BCUT2D eigenvalue weighted by atomic mass is 9.88. The minimum absolute atomic E-state index is 0. The summed E-state index contributed by atoms with van der Waals surface area (Å²) in [6, 6.07) is 16.9. The van der Waals surface area contributed by atoms with Crippen LogP contribution in [0.2, 0.25) is 0 Å². The summed E-state index contributed by atoms with van der Waals surface area (Å²) in [6.07, 6.45) is 10.2. The zero-order valence-electron chi connectivity index (χ0n) is 18.9. The van der Waals surface area contributed by atoms with Gasteiger partial charge in [0.2, 0.25) is 5.91 Å². The smallest absolute Gasteiger partial charge is 0.228 e. The average molecular weight is 453 g/mol. The van der Waals surface area contributed by atoms with Gasteiger partial charge in [-0.15, -0.1) is 6.42 Å². The van der Waals surface area contributed by atoms with Crippen LogP contribution in [0.3, 0.4) is 0 Å². The maximum Gasteiger partial charge on any atom is 0.228 e. The molecule has 0 bridgehead atoms. The largest absolute Gasteiger partial charge is 1.00 e. The van der Waals surface area contributed by atoms with Crippen molar-refractivity contribution < 1.29 is 26.4 Å². The second-order valence-electron chi connectivity index (χ2n) is 9.12. The van der Waals surface area contributed by atoms with Crippen molar-refractivity contribution in [3.05, 3.63) is 59.7 Å². The number of carbonyl (C=O) groups excluding carboxylic acids is 1. The number of fused-ring (bicyclic) bond motifs is 1. The van der Waals surface area contributed by atoms with Crippen LogP contribution >= 0.6 is 0 Å². The Morgan fingerprint density at radius 3 is 2.56 bits per heavy atom. The lowest BCUT2D eigenvalue weighted by Gasteiger charge is -2.41. The van der Waals surface area contributed by atoms with E-state index in [0.29, 0.717) is 25.5 Å². The predicted molar refractivity (Wildman–Crippen MR) is 125 cm³/mol. The van der Waals surface area contributed by atoms with Gasteiger partial charge in [-0.05, 0) is 30.0 Å². The van der Waals surface area contributed by atoms with Gasteiger partial charge in [0.25, 0.3) is 0 Å². The second kappa shape index (κ2) is 10.9. The average Bonchev–Trinajstić information content (AvgIpc) is 2.80. The molecule has 0 aromatic heterocycles. The third kappa shape index (κ3) is 5.46. The first-order valence-electron chi connectivity index (χ1n) is 11.5. The van der Waals surface area contributed by atoms with Gasteiger partial charge in [-0.1, -0.05) is 42.3 Å². The maximum atomic E-state index is 12.2. The highest BCUT2D eigenvalue weighted by Gasteiger charge is 2.30. The zero-order chi connectivity index (χ0) is 21.7. The number of hydrogen-bond acceptors (Lipinski definition) is 2. The number of halogens is 1. The molecule has 2 aliphatic heterocycles. The van der Waals surface area contributed by atoms with Crippen molar-refractivity contribution in [1.82, 2.24) is 0 Å². The summed E-state index contributed by atoms with van der Waals surface area (Å²) in [5.74, 6) is 4.30. The quantitative estimate of drug-likeness (QED) is 0.361. The number of nitrogens with zero attached hydrogens (tertiary/aromatic N) is 2. The summed E-state index contributed by atoms with van der Waals surface area (Å²) in [7, 11) is 2.38. The normalized spacial score (nSPS) is 22.4. The number of hydrogen-bond donors (Lipinski definition) is 0. The first-order valence-corrected chi connectivity index (χ1v) is 11.5. The molecule has 2 aromatic rings. The first kappa shape index (κ1) is 24.2. The molecule has 0 N–H and O–H groups in total. The monoisotopic (exact) mass is 452 g/mol. The van der Waals surface area contributed by atoms with E-state index < -0.39 is 0 Å². The first-order chi connectivity index (χ1) is 15.1. The number of amides is 1. The molecule has 0 aliphatic carbocycles. The Morgan fingerprint density at radius 1 is 1.09 bits per heavy atom. The predicted octanol–water partition coefficient (Wildman–Crippen LogP) is 1.40. The fourth-order valence-electron chi connectivity index (χ4n) is 5.06. The van der Waals surface area contributed by atoms with Crippen LogP contribution < -0.4 is 22.0 Å².